The molecule has 3 nitrogen and oxygen atoms in total. The van der Waals surface area contributed by atoms with E-state index in [4.69, 9.17) is 16.3 Å². The predicted octanol–water partition coefficient (Wildman–Crippen LogP) is 3.61. The van der Waals surface area contributed by atoms with Crippen LogP contribution >= 0.6 is 23.4 Å². The van der Waals surface area contributed by atoms with Crippen molar-refractivity contribution >= 4 is 29.3 Å². The molecule has 1 amide bonds. The molecule has 22 heavy (non-hydrogen) atoms. The summed E-state index contributed by atoms with van der Waals surface area (Å²) in [7, 11) is 0. The summed E-state index contributed by atoms with van der Waals surface area (Å²) in [5.74, 6) is 1.11. The van der Waals surface area contributed by atoms with Gasteiger partial charge in [-0.1, -0.05) is 23.7 Å². The van der Waals surface area contributed by atoms with Crippen molar-refractivity contribution in [2.45, 2.75) is 37.9 Å². The van der Waals surface area contributed by atoms with Gasteiger partial charge in [0.25, 0.3) is 0 Å². The molecule has 1 fully saturated rings. The topological polar surface area (TPSA) is 38.3 Å². The fraction of sp³-hybridized carbons (Fsp3) is 0.588. The molecule has 1 aromatic rings. The number of hydrogen-bond donors (Lipinski definition) is 1. The molecule has 0 aromatic heterocycles. The van der Waals surface area contributed by atoms with E-state index in [1.54, 1.807) is 0 Å². The second kappa shape index (κ2) is 9.43. The molecule has 0 spiro atoms. The first-order valence-corrected chi connectivity index (χ1v) is 9.29. The Bertz CT molecular complexity index is 490. The van der Waals surface area contributed by atoms with Crippen LogP contribution in [0.5, 0.6) is 0 Å². The monoisotopic (exact) mass is 341 g/mol. The van der Waals surface area contributed by atoms with Crippen molar-refractivity contribution in [2.24, 2.45) is 0 Å². The summed E-state index contributed by atoms with van der Waals surface area (Å²) >= 11 is 7.95. The molecule has 5 heteroatoms. The molecule has 1 saturated heterocycles. The van der Waals surface area contributed by atoms with Gasteiger partial charge in [-0.15, -0.1) is 0 Å². The lowest BCUT2D eigenvalue weighted by Crippen LogP contribution is -2.27. The van der Waals surface area contributed by atoms with Gasteiger partial charge in [-0.25, -0.2) is 0 Å². The Morgan fingerprint density at radius 1 is 1.41 bits per heavy atom. The maximum atomic E-state index is 11.9. The molecule has 1 N–H and O–H groups in total. The summed E-state index contributed by atoms with van der Waals surface area (Å²) in [4.78, 5) is 11.9. The SMILES string of the molecule is Cc1cc(CCC(=O)NCCSC2CCOCC2)ccc1Cl. The predicted molar refractivity (Wildman–Crippen MR) is 93.8 cm³/mol. The second-order valence-electron chi connectivity index (χ2n) is 5.62. The maximum Gasteiger partial charge on any atom is 0.220 e. The van der Waals surface area contributed by atoms with Crippen LogP contribution in [0.3, 0.4) is 0 Å². The minimum Gasteiger partial charge on any atom is -0.381 e. The maximum absolute atomic E-state index is 11.9. The molecular formula is C17H24ClNO2S. The number of amides is 1. The van der Waals surface area contributed by atoms with Gasteiger partial charge in [0.2, 0.25) is 5.91 Å². The van der Waals surface area contributed by atoms with Gasteiger partial charge in [0.15, 0.2) is 0 Å². The molecule has 0 unspecified atom stereocenters. The van der Waals surface area contributed by atoms with Gasteiger partial charge in [0.1, 0.15) is 0 Å². The average Bonchev–Trinajstić information content (AvgIpc) is 2.54. The molecule has 0 saturated carbocycles. The van der Waals surface area contributed by atoms with Gasteiger partial charge in [-0.2, -0.15) is 11.8 Å². The second-order valence-corrected chi connectivity index (χ2v) is 7.43. The Labute approximate surface area is 142 Å². The van der Waals surface area contributed by atoms with Crippen LogP contribution in [-0.4, -0.2) is 36.7 Å². The van der Waals surface area contributed by atoms with E-state index >= 15 is 0 Å². The van der Waals surface area contributed by atoms with Gasteiger partial charge < -0.3 is 10.1 Å². The highest BCUT2D eigenvalue weighted by molar-refractivity contribution is 7.99. The molecule has 0 atom stereocenters. The van der Waals surface area contributed by atoms with Crippen molar-refractivity contribution in [1.29, 1.82) is 0 Å². The molecule has 1 aliphatic heterocycles. The molecule has 122 valence electrons. The number of benzene rings is 1. The first kappa shape index (κ1) is 17.6. The van der Waals surface area contributed by atoms with Crippen molar-refractivity contribution < 1.29 is 9.53 Å². The number of rotatable bonds is 7. The standard InChI is InChI=1S/C17H24ClNO2S/c1-13-12-14(2-4-16(13)18)3-5-17(20)19-8-11-22-15-6-9-21-10-7-15/h2,4,12,15H,3,5-11H2,1H3,(H,19,20). The number of nitrogens with one attached hydrogen (secondary N) is 1. The Balaban J connectivity index is 1.58. The zero-order valence-corrected chi connectivity index (χ0v) is 14.6. The van der Waals surface area contributed by atoms with Crippen molar-refractivity contribution in [3.8, 4) is 0 Å². The normalized spacial score (nSPS) is 15.7. The van der Waals surface area contributed by atoms with Crippen molar-refractivity contribution in [3.63, 3.8) is 0 Å². The fourth-order valence-electron chi connectivity index (χ4n) is 2.47. The first-order valence-electron chi connectivity index (χ1n) is 7.86. The van der Waals surface area contributed by atoms with Gasteiger partial charge in [-0.05, 0) is 43.4 Å². The third-order valence-corrected chi connectivity index (χ3v) is 5.62. The molecule has 1 heterocycles. The molecular weight excluding hydrogens is 318 g/mol. The van der Waals surface area contributed by atoms with Crippen LogP contribution in [0, 0.1) is 6.92 Å². The average molecular weight is 342 g/mol. The number of halogens is 1. The number of carbonyl (C=O) groups excluding carboxylic acids is 1. The zero-order chi connectivity index (χ0) is 15.8. The largest absolute Gasteiger partial charge is 0.381 e. The summed E-state index contributed by atoms with van der Waals surface area (Å²) in [5, 5.41) is 4.47. The van der Waals surface area contributed by atoms with Crippen LogP contribution in [0.25, 0.3) is 0 Å². The minimum absolute atomic E-state index is 0.125. The van der Waals surface area contributed by atoms with Crippen LogP contribution in [0.2, 0.25) is 5.02 Å². The molecule has 0 bridgehead atoms. The lowest BCUT2D eigenvalue weighted by atomic mass is 10.1. The first-order chi connectivity index (χ1) is 10.6. The Kier molecular flexibility index (Phi) is 7.56. The van der Waals surface area contributed by atoms with Crippen molar-refractivity contribution in [3.05, 3.63) is 34.3 Å². The van der Waals surface area contributed by atoms with E-state index < -0.39 is 0 Å². The zero-order valence-electron chi connectivity index (χ0n) is 13.1. The van der Waals surface area contributed by atoms with E-state index in [0.717, 1.165) is 60.9 Å². The number of ether oxygens (including phenoxy) is 1. The van der Waals surface area contributed by atoms with Gasteiger partial charge in [-0.3, -0.25) is 4.79 Å². The summed E-state index contributed by atoms with van der Waals surface area (Å²) in [6.07, 6.45) is 3.56. The lowest BCUT2D eigenvalue weighted by Gasteiger charge is -2.21. The van der Waals surface area contributed by atoms with E-state index in [-0.39, 0.29) is 5.91 Å². The lowest BCUT2D eigenvalue weighted by molar-refractivity contribution is -0.120. The molecule has 1 aromatic carbocycles. The summed E-state index contributed by atoms with van der Waals surface area (Å²) < 4.78 is 5.34. The van der Waals surface area contributed by atoms with Crippen LogP contribution in [0.1, 0.15) is 30.4 Å². The third-order valence-electron chi connectivity index (χ3n) is 3.81. The third kappa shape index (κ3) is 6.19. The van der Waals surface area contributed by atoms with E-state index in [1.165, 1.54) is 0 Å². The van der Waals surface area contributed by atoms with Crippen molar-refractivity contribution in [1.82, 2.24) is 5.32 Å². The van der Waals surface area contributed by atoms with E-state index in [9.17, 15) is 4.79 Å². The molecule has 1 aliphatic rings. The quantitative estimate of drug-likeness (QED) is 0.770. The Morgan fingerprint density at radius 2 is 2.18 bits per heavy atom. The summed E-state index contributed by atoms with van der Waals surface area (Å²) in [6.45, 7) is 4.50. The van der Waals surface area contributed by atoms with E-state index in [2.05, 4.69) is 11.4 Å². The minimum atomic E-state index is 0.125. The van der Waals surface area contributed by atoms with Gasteiger partial charge in [0.05, 0.1) is 0 Å². The Morgan fingerprint density at radius 3 is 2.91 bits per heavy atom. The smallest absolute Gasteiger partial charge is 0.220 e. The van der Waals surface area contributed by atoms with Crippen LogP contribution in [-0.2, 0) is 16.0 Å². The number of carbonyl (C=O) groups is 1. The van der Waals surface area contributed by atoms with Gasteiger partial charge in [0, 0.05) is 42.2 Å². The van der Waals surface area contributed by atoms with E-state index in [1.807, 2.05) is 30.8 Å². The van der Waals surface area contributed by atoms with Gasteiger partial charge >= 0.3 is 0 Å². The van der Waals surface area contributed by atoms with Crippen LogP contribution < -0.4 is 5.32 Å². The fourth-order valence-corrected chi connectivity index (χ4v) is 3.66. The number of aryl methyl sites for hydroxylation is 2. The van der Waals surface area contributed by atoms with Crippen LogP contribution in [0.4, 0.5) is 0 Å². The summed E-state index contributed by atoms with van der Waals surface area (Å²) in [6, 6.07) is 5.94. The molecule has 2 rings (SSSR count). The number of thioether (sulfide) groups is 1. The van der Waals surface area contributed by atoms with Crippen molar-refractivity contribution in [2.75, 3.05) is 25.5 Å². The highest BCUT2D eigenvalue weighted by atomic mass is 35.5. The van der Waals surface area contributed by atoms with E-state index in [0.29, 0.717) is 11.7 Å². The van der Waals surface area contributed by atoms with Crippen LogP contribution in [0.15, 0.2) is 18.2 Å². The molecule has 0 aliphatic carbocycles. The Hall–Kier alpha value is -0.710. The highest BCUT2D eigenvalue weighted by Gasteiger charge is 2.13. The number of hydrogen-bond acceptors (Lipinski definition) is 3. The highest BCUT2D eigenvalue weighted by Crippen LogP contribution is 2.21. The summed E-state index contributed by atoms with van der Waals surface area (Å²) in [5.41, 5.74) is 2.22. The molecule has 0 radical (unpaired) electrons.